The van der Waals surface area contributed by atoms with Gasteiger partial charge in [-0.15, -0.1) is 0 Å². The third-order valence-corrected chi connectivity index (χ3v) is 8.72. The van der Waals surface area contributed by atoms with Gasteiger partial charge in [0.25, 0.3) is 17.6 Å². The van der Waals surface area contributed by atoms with E-state index in [1.165, 1.54) is 11.1 Å². The minimum Gasteiger partial charge on any atom is -1.00 e. The Hall–Kier alpha value is -2.10. The van der Waals surface area contributed by atoms with Crippen LogP contribution in [0.3, 0.4) is 0 Å². The molecule has 3 N–H and O–H groups in total. The second-order valence-corrected chi connectivity index (χ2v) is 13.6. The molecule has 0 aliphatic carbocycles. The van der Waals surface area contributed by atoms with Crippen LogP contribution in [-0.2, 0) is 16.2 Å². The number of alkyl halides is 7. The number of carbonyl (C=O) groups is 1. The zero-order chi connectivity index (χ0) is 42.7. The van der Waals surface area contributed by atoms with Crippen molar-refractivity contribution in [1.82, 2.24) is 39.9 Å². The van der Waals surface area contributed by atoms with Crippen LogP contribution in [-0.4, -0.2) is 64.1 Å². The molecule has 4 aromatic heterocycles. The van der Waals surface area contributed by atoms with Crippen LogP contribution in [0.5, 0.6) is 0 Å². The molecule has 0 radical (unpaired) electrons. The SMILES string of the molecule is Cc1ccc(C(C)c2[nH]nc3c(=O)[nH]c(C)nc23)cc1.Cc1ccc(C(C)c2nn(CCC(F)(F)F)c3c(=O)[nH]c(C)nc23)cc1.FC(F)(F)CCBr.O=CO[O-].[H-].[K+].[K+]. The summed E-state index contributed by atoms with van der Waals surface area (Å²) in [5, 5.41) is 19.8. The van der Waals surface area contributed by atoms with Crippen LogP contribution in [0.25, 0.3) is 22.1 Å². The third kappa shape index (κ3) is 16.9. The molecule has 0 amide bonds. The molecule has 310 valence electrons. The molecule has 0 spiro atoms. The summed E-state index contributed by atoms with van der Waals surface area (Å²) in [6.07, 6.45) is -10.1. The molecule has 13 nitrogen and oxygen atoms in total. The summed E-state index contributed by atoms with van der Waals surface area (Å²) < 4.78 is 72.1. The Morgan fingerprint density at radius 1 is 0.780 bits per heavy atom. The summed E-state index contributed by atoms with van der Waals surface area (Å²) in [5.41, 5.74) is 6.58. The first-order valence-electron chi connectivity index (χ1n) is 17.2. The van der Waals surface area contributed by atoms with Crippen molar-refractivity contribution < 1.29 is 145 Å². The number of aryl methyl sites for hydroxylation is 5. The van der Waals surface area contributed by atoms with E-state index in [0.717, 1.165) is 21.5 Å². The van der Waals surface area contributed by atoms with Crippen molar-refractivity contribution in [2.24, 2.45) is 0 Å². The van der Waals surface area contributed by atoms with Crippen molar-refractivity contribution >= 4 is 44.5 Å². The van der Waals surface area contributed by atoms with Crippen molar-refractivity contribution in [1.29, 1.82) is 0 Å². The van der Waals surface area contributed by atoms with Gasteiger partial charge in [0.15, 0.2) is 11.0 Å². The van der Waals surface area contributed by atoms with Gasteiger partial charge in [-0.2, -0.15) is 36.5 Å². The van der Waals surface area contributed by atoms with Gasteiger partial charge in [0.05, 0.1) is 30.8 Å². The minimum absolute atomic E-state index is 0. The average molecular weight is 950 g/mol. The van der Waals surface area contributed by atoms with Crippen molar-refractivity contribution in [3.8, 4) is 0 Å². The number of hydrogen-bond donors (Lipinski definition) is 3. The number of carbonyl (C=O) groups excluding carboxylic acids is 1. The standard InChI is InChI=1S/C18H19F3N4O.C15H16N4O.C3H4BrF3.CH2O3.2K.H/c1-10-4-6-13(7-5-10)11(2)14-15-16(17(26)23-12(3)22-15)25(24-14)9-8-18(19,20)21;1-8-4-6-11(7-5-8)9(2)12-13-14(19-18-12)15(20)17-10(3)16-13;4-2-1-3(5,6)7;2-1-4-3;;;/h4-7,11H,8-9H2,1-3H3,(H,22,23,26);4-7,9H,1-3H3,(H,18,19)(H,16,17,20);1-2H2;1,3H;;;/q;;;;2*+1;-1/p-1. The van der Waals surface area contributed by atoms with E-state index < -0.39 is 37.3 Å². The predicted molar refractivity (Wildman–Crippen MR) is 203 cm³/mol. The maximum atomic E-state index is 12.6. The van der Waals surface area contributed by atoms with Crippen molar-refractivity contribution in [3.63, 3.8) is 0 Å². The number of hydrogen-bond acceptors (Lipinski definition) is 9. The molecule has 6 rings (SSSR count). The Balaban J connectivity index is 0.000000909. The largest absolute Gasteiger partial charge is 1.00 e. The molecule has 0 aliphatic heterocycles. The Morgan fingerprint density at radius 3 is 1.68 bits per heavy atom. The van der Waals surface area contributed by atoms with E-state index >= 15 is 0 Å². The maximum absolute atomic E-state index is 12.6. The van der Waals surface area contributed by atoms with Crippen LogP contribution >= 0.6 is 15.9 Å². The third-order valence-electron chi connectivity index (χ3n) is 8.32. The average Bonchev–Trinajstić information content (AvgIpc) is 3.73. The van der Waals surface area contributed by atoms with Gasteiger partial charge in [-0.05, 0) is 38.8 Å². The number of rotatable bonds is 8. The van der Waals surface area contributed by atoms with Gasteiger partial charge >= 0.3 is 115 Å². The summed E-state index contributed by atoms with van der Waals surface area (Å²) in [4.78, 5) is 49.4. The van der Waals surface area contributed by atoms with Gasteiger partial charge in [-0.25, -0.2) is 9.97 Å². The summed E-state index contributed by atoms with van der Waals surface area (Å²) in [6.45, 7) is 10.8. The van der Waals surface area contributed by atoms with Crippen LogP contribution in [0.1, 0.15) is 85.2 Å². The Bertz CT molecular complexity index is 2360. The first-order chi connectivity index (χ1) is 26.7. The number of aromatic nitrogens is 8. The molecule has 0 bridgehead atoms. The van der Waals surface area contributed by atoms with Gasteiger partial charge in [0.2, 0.25) is 0 Å². The van der Waals surface area contributed by atoms with Crippen molar-refractivity contribution in [2.75, 3.05) is 5.33 Å². The molecule has 2 unspecified atom stereocenters. The van der Waals surface area contributed by atoms with Gasteiger partial charge in [0.1, 0.15) is 22.7 Å². The first kappa shape index (κ1) is 54.9. The van der Waals surface area contributed by atoms with E-state index in [1.54, 1.807) is 13.8 Å². The van der Waals surface area contributed by atoms with Crippen LogP contribution in [0.2, 0.25) is 0 Å². The molecule has 0 fully saturated rings. The number of nitrogens with one attached hydrogen (secondary N) is 3. The number of aromatic amines is 3. The fourth-order valence-corrected chi connectivity index (χ4v) is 5.84. The summed E-state index contributed by atoms with van der Waals surface area (Å²) >= 11 is 2.67. The van der Waals surface area contributed by atoms with E-state index in [-0.39, 0.29) is 139 Å². The number of fused-ring (bicyclic) bond motifs is 2. The predicted octanol–water partition coefficient (Wildman–Crippen LogP) is 1.14. The molecule has 2 aromatic carbocycles. The summed E-state index contributed by atoms with van der Waals surface area (Å²) in [6, 6.07) is 16.1. The Labute approximate surface area is 429 Å². The Kier molecular flexibility index (Phi) is 23.4. The van der Waals surface area contributed by atoms with Crippen LogP contribution in [0, 0.1) is 27.7 Å². The summed E-state index contributed by atoms with van der Waals surface area (Å²) in [7, 11) is 0. The normalized spacial score (nSPS) is 12.0. The van der Waals surface area contributed by atoms with Crippen molar-refractivity contribution in [2.45, 2.75) is 85.1 Å². The molecule has 59 heavy (non-hydrogen) atoms. The summed E-state index contributed by atoms with van der Waals surface area (Å²) in [5.74, 6) is 0.893. The van der Waals surface area contributed by atoms with E-state index in [0.29, 0.717) is 33.9 Å². The Morgan fingerprint density at radius 2 is 1.24 bits per heavy atom. The smallest absolute Gasteiger partial charge is 1.00 e. The number of halogens is 7. The molecule has 0 aliphatic rings. The molecule has 4 heterocycles. The molecular formula is C37H41BrF6K2N8O5. The van der Waals surface area contributed by atoms with Gasteiger partial charge < -0.3 is 21.5 Å². The van der Waals surface area contributed by atoms with Gasteiger partial charge in [0, 0.05) is 17.2 Å². The molecule has 6 aromatic rings. The van der Waals surface area contributed by atoms with Crippen LogP contribution in [0.15, 0.2) is 58.1 Å². The quantitative estimate of drug-likeness (QED) is 0.0503. The molecule has 0 saturated heterocycles. The number of benzene rings is 2. The van der Waals surface area contributed by atoms with E-state index in [2.05, 4.69) is 94.2 Å². The zero-order valence-corrected chi connectivity index (χ0v) is 41.4. The maximum Gasteiger partial charge on any atom is 1.00 e. The molecule has 2 atom stereocenters. The molecule has 0 saturated carbocycles. The second-order valence-electron chi connectivity index (χ2n) is 12.8. The number of H-pyrrole nitrogens is 3. The van der Waals surface area contributed by atoms with E-state index in [9.17, 15) is 35.9 Å². The monoisotopic (exact) mass is 948 g/mol. The fourth-order valence-electron chi connectivity index (χ4n) is 5.40. The first-order valence-corrected chi connectivity index (χ1v) is 18.3. The topological polar surface area (TPSA) is 187 Å². The molecule has 22 heteroatoms. The van der Waals surface area contributed by atoms with E-state index in [1.807, 2.05) is 38.1 Å². The van der Waals surface area contributed by atoms with Crippen molar-refractivity contribution in [3.05, 3.63) is 115 Å². The zero-order valence-electron chi connectivity index (χ0n) is 34.6. The van der Waals surface area contributed by atoms with Gasteiger partial charge in [-0.1, -0.05) is 89.4 Å². The molecular weight excluding hydrogens is 909 g/mol. The van der Waals surface area contributed by atoms with Crippen LogP contribution < -0.4 is 119 Å². The van der Waals surface area contributed by atoms with Crippen LogP contribution in [0.4, 0.5) is 26.3 Å². The van der Waals surface area contributed by atoms with Gasteiger partial charge in [-0.3, -0.25) is 24.2 Å². The van der Waals surface area contributed by atoms with E-state index in [4.69, 9.17) is 10.1 Å². The second kappa shape index (κ2) is 25.1. The minimum atomic E-state index is -4.33. The number of nitrogens with zero attached hydrogens (tertiary/aromatic N) is 5. The fraction of sp³-hybridized carbons (Fsp3) is 0.378.